The molecule has 0 aliphatic carbocycles. The van der Waals surface area contributed by atoms with E-state index in [0.29, 0.717) is 32.0 Å². The molecule has 6 nitrogen and oxygen atoms in total. The molecule has 0 saturated carbocycles. The zero-order chi connectivity index (χ0) is 18.4. The van der Waals surface area contributed by atoms with Crippen LogP contribution in [0.2, 0.25) is 0 Å². The van der Waals surface area contributed by atoms with E-state index in [4.69, 9.17) is 9.84 Å². The number of carbonyl (C=O) groups is 2. The highest BCUT2D eigenvalue weighted by Crippen LogP contribution is 2.23. The summed E-state index contributed by atoms with van der Waals surface area (Å²) in [6.07, 6.45) is 1.40. The van der Waals surface area contributed by atoms with Crippen LogP contribution >= 0.6 is 0 Å². The first kappa shape index (κ1) is 19.1. The summed E-state index contributed by atoms with van der Waals surface area (Å²) in [4.78, 5) is 25.2. The summed E-state index contributed by atoms with van der Waals surface area (Å²) < 4.78 is 5.15. The lowest BCUT2D eigenvalue weighted by Crippen LogP contribution is -2.49. The van der Waals surface area contributed by atoms with Gasteiger partial charge in [-0.15, -0.1) is 0 Å². The minimum absolute atomic E-state index is 0.0197. The fraction of sp³-hybridized carbons (Fsp3) is 0.579. The van der Waals surface area contributed by atoms with Crippen molar-refractivity contribution in [2.75, 3.05) is 26.7 Å². The molecule has 0 spiro atoms. The number of urea groups is 1. The van der Waals surface area contributed by atoms with Crippen molar-refractivity contribution in [1.82, 2.24) is 10.2 Å². The average Bonchev–Trinajstić information content (AvgIpc) is 2.60. The van der Waals surface area contributed by atoms with Crippen LogP contribution in [0.1, 0.15) is 25.8 Å². The number of ether oxygens (including phenoxy) is 1. The van der Waals surface area contributed by atoms with E-state index >= 15 is 0 Å². The third-order valence-corrected chi connectivity index (χ3v) is 4.85. The average molecular weight is 348 g/mol. The standard InChI is InChI=1S/C19H28N2O4/c1-13(10-15-4-6-16(25-3)7-5-15)11-20-19(24)21-9-8-17(18(22)23)14(2)12-21/h4-7,13-14,17H,8-12H2,1-3H3,(H,20,24)(H,22,23). The maximum absolute atomic E-state index is 12.3. The Morgan fingerprint density at radius 3 is 2.60 bits per heavy atom. The Hall–Kier alpha value is -2.24. The molecule has 1 heterocycles. The Bertz CT molecular complexity index is 588. The van der Waals surface area contributed by atoms with Gasteiger partial charge in [0.1, 0.15) is 5.75 Å². The molecule has 1 fully saturated rings. The smallest absolute Gasteiger partial charge is 0.317 e. The van der Waals surface area contributed by atoms with Crippen LogP contribution in [-0.4, -0.2) is 48.8 Å². The van der Waals surface area contributed by atoms with Crippen molar-refractivity contribution in [2.24, 2.45) is 17.8 Å². The Balaban J connectivity index is 1.76. The molecule has 3 atom stereocenters. The summed E-state index contributed by atoms with van der Waals surface area (Å²) in [5, 5.41) is 12.1. The van der Waals surface area contributed by atoms with Crippen LogP contribution in [0.4, 0.5) is 4.79 Å². The highest BCUT2D eigenvalue weighted by Gasteiger charge is 2.32. The predicted molar refractivity (Wildman–Crippen MR) is 95.7 cm³/mol. The van der Waals surface area contributed by atoms with Crippen LogP contribution in [0, 0.1) is 17.8 Å². The largest absolute Gasteiger partial charge is 0.497 e. The van der Waals surface area contributed by atoms with E-state index in [1.165, 1.54) is 5.56 Å². The molecule has 2 N–H and O–H groups in total. The SMILES string of the molecule is COc1ccc(CC(C)CNC(=O)N2CCC(C(=O)O)C(C)C2)cc1. The molecule has 1 aliphatic heterocycles. The van der Waals surface area contributed by atoms with Gasteiger partial charge in [-0.2, -0.15) is 0 Å². The van der Waals surface area contributed by atoms with Gasteiger partial charge < -0.3 is 20.1 Å². The second-order valence-corrected chi connectivity index (χ2v) is 7.00. The number of nitrogens with one attached hydrogen (secondary N) is 1. The van der Waals surface area contributed by atoms with Gasteiger partial charge in [-0.25, -0.2) is 4.79 Å². The number of benzene rings is 1. The van der Waals surface area contributed by atoms with Gasteiger partial charge in [0.05, 0.1) is 13.0 Å². The third kappa shape index (κ3) is 5.37. The topological polar surface area (TPSA) is 78.9 Å². The zero-order valence-electron chi connectivity index (χ0n) is 15.2. The second-order valence-electron chi connectivity index (χ2n) is 7.00. The van der Waals surface area contributed by atoms with Crippen molar-refractivity contribution < 1.29 is 19.4 Å². The number of carboxylic acid groups (broad SMARTS) is 1. The fourth-order valence-corrected chi connectivity index (χ4v) is 3.31. The fourth-order valence-electron chi connectivity index (χ4n) is 3.31. The van der Waals surface area contributed by atoms with E-state index in [1.54, 1.807) is 12.0 Å². The molecule has 0 bridgehead atoms. The summed E-state index contributed by atoms with van der Waals surface area (Å²) in [5.74, 6) is 0.0161. The van der Waals surface area contributed by atoms with Crippen LogP contribution in [0.25, 0.3) is 0 Å². The number of methoxy groups -OCH3 is 1. The lowest BCUT2D eigenvalue weighted by atomic mass is 9.87. The molecule has 0 radical (unpaired) electrons. The minimum Gasteiger partial charge on any atom is -0.497 e. The zero-order valence-corrected chi connectivity index (χ0v) is 15.2. The Kier molecular flexibility index (Phi) is 6.67. The summed E-state index contributed by atoms with van der Waals surface area (Å²) in [5.41, 5.74) is 1.21. The molecule has 25 heavy (non-hydrogen) atoms. The summed E-state index contributed by atoms with van der Waals surface area (Å²) >= 11 is 0. The normalized spacial score (nSPS) is 21.5. The highest BCUT2D eigenvalue weighted by atomic mass is 16.5. The predicted octanol–water partition coefficient (Wildman–Crippen LogP) is 2.63. The van der Waals surface area contributed by atoms with Crippen LogP contribution in [0.3, 0.4) is 0 Å². The molecular formula is C19H28N2O4. The Morgan fingerprint density at radius 1 is 1.36 bits per heavy atom. The number of amides is 2. The Labute approximate surface area is 149 Å². The number of carboxylic acids is 1. The number of likely N-dealkylation sites (tertiary alicyclic amines) is 1. The molecule has 138 valence electrons. The van der Waals surface area contributed by atoms with E-state index in [9.17, 15) is 9.59 Å². The van der Waals surface area contributed by atoms with E-state index in [0.717, 1.165) is 12.2 Å². The first-order chi connectivity index (χ1) is 11.9. The number of rotatable bonds is 6. The van der Waals surface area contributed by atoms with Gasteiger partial charge in [0.25, 0.3) is 0 Å². The number of nitrogens with zero attached hydrogens (tertiary/aromatic N) is 1. The van der Waals surface area contributed by atoms with Gasteiger partial charge in [0.2, 0.25) is 0 Å². The van der Waals surface area contributed by atoms with E-state index in [1.807, 2.05) is 31.2 Å². The maximum atomic E-state index is 12.3. The van der Waals surface area contributed by atoms with Crippen LogP contribution in [0.15, 0.2) is 24.3 Å². The molecule has 1 aliphatic rings. The Morgan fingerprint density at radius 2 is 2.04 bits per heavy atom. The molecule has 2 rings (SSSR count). The lowest BCUT2D eigenvalue weighted by Gasteiger charge is -2.35. The van der Waals surface area contributed by atoms with Gasteiger partial charge in [0.15, 0.2) is 0 Å². The third-order valence-electron chi connectivity index (χ3n) is 4.85. The van der Waals surface area contributed by atoms with Crippen LogP contribution < -0.4 is 10.1 Å². The van der Waals surface area contributed by atoms with E-state index in [2.05, 4.69) is 12.2 Å². The number of piperidine rings is 1. The number of hydrogen-bond acceptors (Lipinski definition) is 3. The van der Waals surface area contributed by atoms with E-state index in [-0.39, 0.29) is 17.9 Å². The minimum atomic E-state index is -0.763. The van der Waals surface area contributed by atoms with Crippen molar-refractivity contribution in [3.63, 3.8) is 0 Å². The number of hydrogen-bond donors (Lipinski definition) is 2. The summed E-state index contributed by atoms with van der Waals surface area (Å²) in [6, 6.07) is 7.85. The molecular weight excluding hydrogens is 320 g/mol. The molecule has 1 aromatic carbocycles. The van der Waals surface area contributed by atoms with Gasteiger partial charge in [-0.1, -0.05) is 26.0 Å². The van der Waals surface area contributed by atoms with Gasteiger partial charge >= 0.3 is 12.0 Å². The van der Waals surface area contributed by atoms with Crippen molar-refractivity contribution in [3.8, 4) is 5.75 Å². The first-order valence-electron chi connectivity index (χ1n) is 8.79. The van der Waals surface area contributed by atoms with Crippen molar-refractivity contribution in [3.05, 3.63) is 29.8 Å². The quantitative estimate of drug-likeness (QED) is 0.828. The number of aliphatic carboxylic acids is 1. The summed E-state index contributed by atoms with van der Waals surface area (Å²) in [7, 11) is 1.65. The van der Waals surface area contributed by atoms with E-state index < -0.39 is 5.97 Å². The molecule has 0 aromatic heterocycles. The lowest BCUT2D eigenvalue weighted by molar-refractivity contribution is -0.145. The molecule has 1 aromatic rings. The summed E-state index contributed by atoms with van der Waals surface area (Å²) in [6.45, 7) is 5.59. The first-order valence-corrected chi connectivity index (χ1v) is 8.79. The van der Waals surface area contributed by atoms with Gasteiger partial charge in [0, 0.05) is 19.6 Å². The molecule has 6 heteroatoms. The van der Waals surface area contributed by atoms with Crippen LogP contribution in [-0.2, 0) is 11.2 Å². The molecule has 2 amide bonds. The monoisotopic (exact) mass is 348 g/mol. The van der Waals surface area contributed by atoms with Gasteiger partial charge in [-0.3, -0.25) is 4.79 Å². The van der Waals surface area contributed by atoms with Crippen LogP contribution in [0.5, 0.6) is 5.75 Å². The second kappa shape index (κ2) is 8.74. The molecule has 3 unspecified atom stereocenters. The van der Waals surface area contributed by atoms with Gasteiger partial charge in [-0.05, 0) is 42.4 Å². The van der Waals surface area contributed by atoms with Crippen molar-refractivity contribution in [2.45, 2.75) is 26.7 Å². The number of carbonyl (C=O) groups excluding carboxylic acids is 1. The highest BCUT2D eigenvalue weighted by molar-refractivity contribution is 5.75. The maximum Gasteiger partial charge on any atom is 0.317 e. The van der Waals surface area contributed by atoms with Crippen molar-refractivity contribution >= 4 is 12.0 Å². The molecule has 1 saturated heterocycles. The van der Waals surface area contributed by atoms with Crippen molar-refractivity contribution in [1.29, 1.82) is 0 Å².